The van der Waals surface area contributed by atoms with Gasteiger partial charge in [0.2, 0.25) is 0 Å². The number of benzene rings is 2. The fraction of sp³-hybridized carbons (Fsp3) is 0.300. The normalized spacial score (nSPS) is 15.6. The molecule has 3 amide bonds. The first-order chi connectivity index (χ1) is 20.0. The number of likely N-dealkylation sites (tertiary alicyclic amines) is 1. The van der Waals surface area contributed by atoms with Crippen molar-refractivity contribution in [3.05, 3.63) is 83.4 Å². The van der Waals surface area contributed by atoms with Gasteiger partial charge in [-0.15, -0.1) is 0 Å². The Balaban J connectivity index is 1.04. The number of nitrogens with one attached hydrogen (secondary N) is 4. The quantitative estimate of drug-likeness (QED) is 0.263. The zero-order chi connectivity index (χ0) is 28.2. The highest BCUT2D eigenvalue weighted by Gasteiger charge is 2.23. The number of carbonyl (C=O) groups excluding carboxylic acids is 3. The number of ether oxygens (including phenoxy) is 1. The average Bonchev–Trinajstić information content (AvgIpc) is 3.44. The third-order valence-corrected chi connectivity index (χ3v) is 7.56. The minimum Gasteiger partial charge on any atom is -0.482 e. The van der Waals surface area contributed by atoms with E-state index in [0.717, 1.165) is 38.0 Å². The molecule has 2 aliphatic heterocycles. The third-order valence-electron chi connectivity index (χ3n) is 7.56. The van der Waals surface area contributed by atoms with Crippen LogP contribution in [0.25, 0.3) is 11.0 Å². The van der Waals surface area contributed by atoms with E-state index in [1.807, 2.05) is 12.1 Å². The van der Waals surface area contributed by atoms with Crippen molar-refractivity contribution in [3.8, 4) is 5.75 Å². The van der Waals surface area contributed by atoms with Gasteiger partial charge in [0.1, 0.15) is 17.6 Å². The van der Waals surface area contributed by atoms with Gasteiger partial charge in [-0.2, -0.15) is 0 Å². The molecule has 4 aromatic rings. The summed E-state index contributed by atoms with van der Waals surface area (Å²) in [6, 6.07) is 15.8. The zero-order valence-electron chi connectivity index (χ0n) is 22.5. The van der Waals surface area contributed by atoms with Crippen LogP contribution >= 0.6 is 0 Å². The van der Waals surface area contributed by atoms with Crippen LogP contribution in [0.5, 0.6) is 5.75 Å². The number of hydrogen-bond donors (Lipinski definition) is 4. The number of hydrogen-bond acceptors (Lipinski definition) is 7. The van der Waals surface area contributed by atoms with Gasteiger partial charge in [0.25, 0.3) is 17.7 Å². The van der Waals surface area contributed by atoms with Gasteiger partial charge in [0, 0.05) is 25.8 Å². The van der Waals surface area contributed by atoms with Crippen LogP contribution in [0.15, 0.2) is 61.1 Å². The van der Waals surface area contributed by atoms with Crippen LogP contribution in [0.3, 0.4) is 0 Å². The molecule has 41 heavy (non-hydrogen) atoms. The lowest BCUT2D eigenvalue weighted by Gasteiger charge is -2.32. The lowest BCUT2D eigenvalue weighted by Crippen LogP contribution is -2.38. The Hall–Kier alpha value is -4.77. The van der Waals surface area contributed by atoms with E-state index in [4.69, 9.17) is 4.74 Å². The smallest absolute Gasteiger partial charge is 0.272 e. The SMILES string of the molecule is O=C1COc2ccc(CNC(=O)c3ncnc4c(C(=O)NCC5CCN(Cc6ccccc6)CC5)c[nH]c34)cc2N1. The van der Waals surface area contributed by atoms with Crippen LogP contribution in [0.2, 0.25) is 0 Å². The molecule has 4 heterocycles. The van der Waals surface area contributed by atoms with Gasteiger partial charge in [-0.25, -0.2) is 9.97 Å². The molecule has 0 radical (unpaired) electrons. The third kappa shape index (κ3) is 6.04. The second-order valence-corrected chi connectivity index (χ2v) is 10.4. The molecule has 2 aliphatic rings. The van der Waals surface area contributed by atoms with E-state index in [-0.39, 0.29) is 30.7 Å². The Kier molecular flexibility index (Phi) is 7.59. The van der Waals surface area contributed by atoms with E-state index < -0.39 is 5.91 Å². The molecule has 0 atom stereocenters. The molecule has 4 N–H and O–H groups in total. The van der Waals surface area contributed by atoms with E-state index in [1.165, 1.54) is 11.9 Å². The number of aromatic nitrogens is 3. The maximum atomic E-state index is 13.1. The fourth-order valence-electron chi connectivity index (χ4n) is 5.31. The van der Waals surface area contributed by atoms with Crippen LogP contribution in [0.4, 0.5) is 5.69 Å². The van der Waals surface area contributed by atoms with Crippen molar-refractivity contribution in [3.63, 3.8) is 0 Å². The highest BCUT2D eigenvalue weighted by molar-refractivity contribution is 6.10. The number of nitrogens with zero attached hydrogens (tertiary/aromatic N) is 3. The number of anilines is 1. The van der Waals surface area contributed by atoms with Crippen LogP contribution in [0.1, 0.15) is 44.8 Å². The molecule has 0 spiro atoms. The number of carbonyl (C=O) groups is 3. The minimum absolute atomic E-state index is 0.0164. The summed E-state index contributed by atoms with van der Waals surface area (Å²) in [4.78, 5) is 51.6. The summed E-state index contributed by atoms with van der Waals surface area (Å²) in [6.07, 6.45) is 4.91. The Morgan fingerprint density at radius 3 is 2.66 bits per heavy atom. The molecule has 0 aliphatic carbocycles. The molecule has 0 saturated carbocycles. The molecule has 0 unspecified atom stereocenters. The summed E-state index contributed by atoms with van der Waals surface area (Å²) in [6.45, 7) is 3.74. The van der Waals surface area contributed by atoms with Gasteiger partial charge in [-0.1, -0.05) is 36.4 Å². The van der Waals surface area contributed by atoms with Gasteiger partial charge in [0.15, 0.2) is 12.3 Å². The summed E-state index contributed by atoms with van der Waals surface area (Å²) < 4.78 is 5.38. The van der Waals surface area contributed by atoms with Crippen molar-refractivity contribution in [2.24, 2.45) is 5.92 Å². The summed E-state index contributed by atoms with van der Waals surface area (Å²) >= 11 is 0. The van der Waals surface area contributed by atoms with E-state index in [2.05, 4.69) is 60.1 Å². The minimum atomic E-state index is -0.411. The molecule has 210 valence electrons. The molecule has 0 bridgehead atoms. The highest BCUT2D eigenvalue weighted by atomic mass is 16.5. The first-order valence-corrected chi connectivity index (χ1v) is 13.7. The van der Waals surface area contributed by atoms with Crippen molar-refractivity contribution in [1.82, 2.24) is 30.5 Å². The van der Waals surface area contributed by atoms with Crippen LogP contribution < -0.4 is 20.7 Å². The number of piperidine rings is 1. The number of amides is 3. The molecule has 2 aromatic heterocycles. The molecule has 1 fully saturated rings. The van der Waals surface area contributed by atoms with Gasteiger partial charge in [-0.05, 0) is 55.1 Å². The molecule has 11 heteroatoms. The predicted octanol–water partition coefficient (Wildman–Crippen LogP) is 2.86. The lowest BCUT2D eigenvalue weighted by molar-refractivity contribution is -0.118. The molecular formula is C30H31N7O4. The van der Waals surface area contributed by atoms with Crippen molar-refractivity contribution < 1.29 is 19.1 Å². The summed E-state index contributed by atoms with van der Waals surface area (Å²) in [5.74, 6) is 0.134. The zero-order valence-corrected chi connectivity index (χ0v) is 22.5. The maximum absolute atomic E-state index is 13.1. The first kappa shape index (κ1) is 26.5. The van der Waals surface area contributed by atoms with Gasteiger partial charge in [-0.3, -0.25) is 19.3 Å². The van der Waals surface area contributed by atoms with E-state index in [9.17, 15) is 14.4 Å². The standard InChI is InChI=1S/C30H31N7O4/c38-25-17-41-24-7-6-21(12-23(24)36-25)14-33-30(40)28-27-26(34-18-35-28)22(15-31-27)29(39)32-13-19-8-10-37(11-9-19)16-20-4-2-1-3-5-20/h1-7,12,15,18-19,31H,8-11,13-14,16-17H2,(H,32,39)(H,33,40)(H,36,38). The lowest BCUT2D eigenvalue weighted by atomic mass is 9.96. The summed E-state index contributed by atoms with van der Waals surface area (Å²) in [7, 11) is 0. The van der Waals surface area contributed by atoms with E-state index >= 15 is 0 Å². The van der Waals surface area contributed by atoms with Gasteiger partial charge >= 0.3 is 0 Å². The summed E-state index contributed by atoms with van der Waals surface area (Å²) in [5.41, 5.74) is 3.99. The van der Waals surface area contributed by atoms with Crippen molar-refractivity contribution >= 4 is 34.4 Å². The summed E-state index contributed by atoms with van der Waals surface area (Å²) in [5, 5.41) is 8.66. The second kappa shape index (κ2) is 11.8. The Bertz CT molecular complexity index is 1580. The van der Waals surface area contributed by atoms with E-state index in [1.54, 1.807) is 18.3 Å². The number of aromatic amines is 1. The van der Waals surface area contributed by atoms with E-state index in [0.29, 0.717) is 40.5 Å². The fourth-order valence-corrected chi connectivity index (χ4v) is 5.31. The number of rotatable bonds is 8. The molecule has 11 nitrogen and oxygen atoms in total. The van der Waals surface area contributed by atoms with Crippen molar-refractivity contribution in [2.75, 3.05) is 31.6 Å². The van der Waals surface area contributed by atoms with Crippen molar-refractivity contribution in [1.29, 1.82) is 0 Å². The Morgan fingerprint density at radius 2 is 1.83 bits per heavy atom. The topological polar surface area (TPSA) is 141 Å². The monoisotopic (exact) mass is 553 g/mol. The maximum Gasteiger partial charge on any atom is 0.272 e. The molecular weight excluding hydrogens is 522 g/mol. The number of fused-ring (bicyclic) bond motifs is 2. The average molecular weight is 554 g/mol. The van der Waals surface area contributed by atoms with Crippen molar-refractivity contribution in [2.45, 2.75) is 25.9 Å². The van der Waals surface area contributed by atoms with Crippen LogP contribution in [-0.4, -0.2) is 63.8 Å². The van der Waals surface area contributed by atoms with Gasteiger partial charge in [0.05, 0.1) is 16.8 Å². The molecule has 6 rings (SSSR count). The molecule has 1 saturated heterocycles. The first-order valence-electron chi connectivity index (χ1n) is 13.7. The van der Waals surface area contributed by atoms with Gasteiger partial charge < -0.3 is 25.7 Å². The van der Waals surface area contributed by atoms with Crippen LogP contribution in [-0.2, 0) is 17.9 Å². The largest absolute Gasteiger partial charge is 0.482 e. The Morgan fingerprint density at radius 1 is 1.00 bits per heavy atom. The highest BCUT2D eigenvalue weighted by Crippen LogP contribution is 2.28. The predicted molar refractivity (Wildman–Crippen MR) is 152 cm³/mol. The number of H-pyrrole nitrogens is 1. The Labute approximate surface area is 236 Å². The molecule has 2 aromatic carbocycles. The second-order valence-electron chi connectivity index (χ2n) is 10.4. The van der Waals surface area contributed by atoms with Crippen LogP contribution in [0, 0.1) is 5.92 Å².